The predicted molar refractivity (Wildman–Crippen MR) is 80.9 cm³/mol. The van der Waals surface area contributed by atoms with E-state index >= 15 is 0 Å². The van der Waals surface area contributed by atoms with Crippen molar-refractivity contribution in [1.29, 1.82) is 0 Å². The second-order valence-electron chi connectivity index (χ2n) is 5.48. The Morgan fingerprint density at radius 1 is 1.26 bits per heavy atom. The highest BCUT2D eigenvalue weighted by atomic mass is 16.5. The Morgan fingerprint density at radius 3 is 2.89 bits per heavy atom. The molecule has 0 aromatic heterocycles. The summed E-state index contributed by atoms with van der Waals surface area (Å²) in [6, 6.07) is 9.16. The van der Waals surface area contributed by atoms with Crippen molar-refractivity contribution in [3.8, 4) is 5.75 Å². The van der Waals surface area contributed by atoms with Crippen molar-refractivity contribution >= 4 is 0 Å². The molecule has 2 atom stereocenters. The van der Waals surface area contributed by atoms with Crippen molar-refractivity contribution in [1.82, 2.24) is 5.32 Å². The van der Waals surface area contributed by atoms with E-state index in [2.05, 4.69) is 43.4 Å². The molecule has 0 radical (unpaired) electrons. The molecule has 0 fully saturated rings. The summed E-state index contributed by atoms with van der Waals surface area (Å²) < 4.78 is 5.79. The minimum Gasteiger partial charge on any atom is -0.493 e. The summed E-state index contributed by atoms with van der Waals surface area (Å²) in [6.07, 6.45) is 6.20. The number of para-hydroxylation sites is 1. The van der Waals surface area contributed by atoms with Crippen LogP contribution in [0.1, 0.15) is 57.4 Å². The first kappa shape index (κ1) is 14.4. The summed E-state index contributed by atoms with van der Waals surface area (Å²) in [5, 5.41) is 3.76. The van der Waals surface area contributed by atoms with Gasteiger partial charge in [0.15, 0.2) is 0 Å². The molecule has 0 saturated carbocycles. The normalized spacial score (nSPS) is 19.6. The Kier molecular flexibility index (Phi) is 5.71. The lowest BCUT2D eigenvalue weighted by molar-refractivity contribution is 0.240. The van der Waals surface area contributed by atoms with E-state index in [0.717, 1.165) is 25.3 Å². The van der Waals surface area contributed by atoms with Crippen LogP contribution in [0.4, 0.5) is 0 Å². The van der Waals surface area contributed by atoms with Gasteiger partial charge in [0.25, 0.3) is 0 Å². The third-order valence-electron chi connectivity index (χ3n) is 4.02. The van der Waals surface area contributed by atoms with Gasteiger partial charge < -0.3 is 10.1 Å². The van der Waals surface area contributed by atoms with Gasteiger partial charge in [-0.05, 0) is 37.4 Å². The zero-order valence-electron chi connectivity index (χ0n) is 12.3. The molecule has 106 valence electrons. The van der Waals surface area contributed by atoms with Crippen LogP contribution in [0.25, 0.3) is 0 Å². The monoisotopic (exact) mass is 261 g/mol. The summed E-state index contributed by atoms with van der Waals surface area (Å²) in [6.45, 7) is 6.49. The molecule has 1 aliphatic heterocycles. The summed E-state index contributed by atoms with van der Waals surface area (Å²) in [5.74, 6) is 1.71. The van der Waals surface area contributed by atoms with Crippen LogP contribution in [0.2, 0.25) is 0 Å². The molecule has 0 spiro atoms. The van der Waals surface area contributed by atoms with Crippen LogP contribution in [-0.2, 0) is 0 Å². The molecule has 19 heavy (non-hydrogen) atoms. The van der Waals surface area contributed by atoms with Gasteiger partial charge in [-0.15, -0.1) is 0 Å². The van der Waals surface area contributed by atoms with Crippen LogP contribution < -0.4 is 10.1 Å². The molecular weight excluding hydrogens is 234 g/mol. The summed E-state index contributed by atoms with van der Waals surface area (Å²) in [7, 11) is 0. The van der Waals surface area contributed by atoms with Gasteiger partial charge in [0, 0.05) is 12.0 Å². The van der Waals surface area contributed by atoms with Gasteiger partial charge in [0.2, 0.25) is 0 Å². The van der Waals surface area contributed by atoms with E-state index in [0.29, 0.717) is 12.0 Å². The van der Waals surface area contributed by atoms with Crippen LogP contribution in [0.15, 0.2) is 24.3 Å². The Hall–Kier alpha value is -1.02. The summed E-state index contributed by atoms with van der Waals surface area (Å²) in [4.78, 5) is 0. The van der Waals surface area contributed by atoms with Crippen molar-refractivity contribution in [2.24, 2.45) is 0 Å². The Bertz CT molecular complexity index is 369. The highest BCUT2D eigenvalue weighted by Gasteiger charge is 2.27. The second-order valence-corrected chi connectivity index (χ2v) is 5.48. The summed E-state index contributed by atoms with van der Waals surface area (Å²) in [5.41, 5.74) is 1.40. The molecule has 0 saturated heterocycles. The number of fused-ring (bicyclic) bond motifs is 1. The maximum atomic E-state index is 5.79. The van der Waals surface area contributed by atoms with Crippen molar-refractivity contribution in [2.75, 3.05) is 13.2 Å². The average molecular weight is 261 g/mol. The van der Waals surface area contributed by atoms with E-state index in [1.54, 1.807) is 0 Å². The third-order valence-corrected chi connectivity index (χ3v) is 4.02. The molecule has 1 aromatic carbocycles. The molecule has 2 unspecified atom stereocenters. The zero-order chi connectivity index (χ0) is 13.5. The number of hydrogen-bond donors (Lipinski definition) is 1. The molecule has 1 aromatic rings. The highest BCUT2D eigenvalue weighted by Crippen LogP contribution is 2.36. The second kappa shape index (κ2) is 7.54. The molecular formula is C17H27NO. The van der Waals surface area contributed by atoms with Crippen molar-refractivity contribution in [2.45, 2.75) is 57.9 Å². The van der Waals surface area contributed by atoms with Crippen LogP contribution in [-0.4, -0.2) is 19.2 Å². The number of hydrogen-bond acceptors (Lipinski definition) is 2. The Balaban J connectivity index is 2.12. The molecule has 1 N–H and O–H groups in total. The minimum absolute atomic E-state index is 0.602. The number of unbranched alkanes of at least 4 members (excludes halogenated alkanes) is 1. The lowest BCUT2D eigenvalue weighted by Crippen LogP contribution is -2.37. The van der Waals surface area contributed by atoms with Crippen molar-refractivity contribution in [3.63, 3.8) is 0 Å². The standard InChI is InChI=1S/C17H27NO/c1-3-5-9-16(18-12-4-2)14-11-13-19-17-10-7-6-8-15(14)17/h6-8,10,14,16,18H,3-5,9,11-13H2,1-2H3. The number of benzene rings is 1. The van der Waals surface area contributed by atoms with Gasteiger partial charge in [-0.1, -0.05) is 44.9 Å². The zero-order valence-corrected chi connectivity index (χ0v) is 12.3. The van der Waals surface area contributed by atoms with Crippen LogP contribution in [0, 0.1) is 0 Å². The number of ether oxygens (including phenoxy) is 1. The van der Waals surface area contributed by atoms with Gasteiger partial charge in [0.05, 0.1) is 6.61 Å². The molecule has 2 nitrogen and oxygen atoms in total. The Morgan fingerprint density at radius 2 is 2.11 bits per heavy atom. The molecule has 0 aliphatic carbocycles. The molecule has 1 aliphatic rings. The van der Waals surface area contributed by atoms with Gasteiger partial charge in [0.1, 0.15) is 5.75 Å². The number of nitrogens with one attached hydrogen (secondary N) is 1. The topological polar surface area (TPSA) is 21.3 Å². The first-order valence-electron chi connectivity index (χ1n) is 7.82. The average Bonchev–Trinajstić information content (AvgIpc) is 2.47. The predicted octanol–water partition coefficient (Wildman–Crippen LogP) is 4.11. The molecule has 1 heterocycles. The Labute approximate surface area is 117 Å². The van der Waals surface area contributed by atoms with Gasteiger partial charge in [-0.3, -0.25) is 0 Å². The molecule has 0 amide bonds. The van der Waals surface area contributed by atoms with E-state index in [1.807, 2.05) is 0 Å². The fourth-order valence-corrected chi connectivity index (χ4v) is 2.99. The van der Waals surface area contributed by atoms with Crippen LogP contribution in [0.5, 0.6) is 5.75 Å². The fourth-order valence-electron chi connectivity index (χ4n) is 2.99. The SMILES string of the molecule is CCCCC(NCCC)C1CCOc2ccccc21. The quantitative estimate of drug-likeness (QED) is 0.797. The molecule has 2 heteroatoms. The number of rotatable bonds is 7. The van der Waals surface area contributed by atoms with Gasteiger partial charge in [-0.2, -0.15) is 0 Å². The lowest BCUT2D eigenvalue weighted by Gasteiger charge is -2.33. The van der Waals surface area contributed by atoms with Crippen molar-refractivity contribution < 1.29 is 4.74 Å². The highest BCUT2D eigenvalue weighted by molar-refractivity contribution is 5.38. The smallest absolute Gasteiger partial charge is 0.122 e. The first-order valence-corrected chi connectivity index (χ1v) is 7.82. The minimum atomic E-state index is 0.602. The van der Waals surface area contributed by atoms with Crippen molar-refractivity contribution in [3.05, 3.63) is 29.8 Å². The van der Waals surface area contributed by atoms with Crippen LogP contribution in [0.3, 0.4) is 0 Å². The van der Waals surface area contributed by atoms with Crippen LogP contribution >= 0.6 is 0 Å². The van der Waals surface area contributed by atoms with E-state index in [4.69, 9.17) is 4.74 Å². The van der Waals surface area contributed by atoms with Gasteiger partial charge in [-0.25, -0.2) is 0 Å². The maximum absolute atomic E-state index is 5.79. The van der Waals surface area contributed by atoms with E-state index in [9.17, 15) is 0 Å². The van der Waals surface area contributed by atoms with E-state index < -0.39 is 0 Å². The largest absolute Gasteiger partial charge is 0.493 e. The third kappa shape index (κ3) is 3.73. The molecule has 2 rings (SSSR count). The van der Waals surface area contributed by atoms with Gasteiger partial charge >= 0.3 is 0 Å². The van der Waals surface area contributed by atoms with E-state index in [1.165, 1.54) is 31.2 Å². The molecule has 0 bridgehead atoms. The fraction of sp³-hybridized carbons (Fsp3) is 0.647. The van der Waals surface area contributed by atoms with E-state index in [-0.39, 0.29) is 0 Å². The first-order chi connectivity index (χ1) is 9.36. The maximum Gasteiger partial charge on any atom is 0.122 e. The lowest BCUT2D eigenvalue weighted by atomic mass is 9.84. The summed E-state index contributed by atoms with van der Waals surface area (Å²) >= 11 is 0.